The van der Waals surface area contributed by atoms with Gasteiger partial charge in [-0.25, -0.2) is 17.6 Å². The van der Waals surface area contributed by atoms with Crippen LogP contribution in [-0.2, 0) is 19.6 Å². The molecular formula is C20H19FN2O5S. The number of fused-ring (bicyclic) bond motifs is 1. The summed E-state index contributed by atoms with van der Waals surface area (Å²) in [7, 11) is -3.82. The number of esters is 1. The van der Waals surface area contributed by atoms with Gasteiger partial charge in [0.05, 0.1) is 16.9 Å². The van der Waals surface area contributed by atoms with E-state index in [-0.39, 0.29) is 43.4 Å². The van der Waals surface area contributed by atoms with Gasteiger partial charge >= 0.3 is 5.97 Å². The van der Waals surface area contributed by atoms with Crippen molar-refractivity contribution in [1.29, 1.82) is 0 Å². The number of carbonyl (C=O) groups excluding carboxylic acids is 2. The second-order valence-electron chi connectivity index (χ2n) is 6.93. The Bertz CT molecular complexity index is 1060. The number of cyclic esters (lactones) is 1. The number of sulfonamides is 1. The zero-order chi connectivity index (χ0) is 20.6. The highest BCUT2D eigenvalue weighted by atomic mass is 32.2. The van der Waals surface area contributed by atoms with Crippen LogP contribution < -0.4 is 0 Å². The van der Waals surface area contributed by atoms with Crippen molar-refractivity contribution < 1.29 is 27.1 Å². The summed E-state index contributed by atoms with van der Waals surface area (Å²) in [5, 5.41) is 0. The first-order valence-corrected chi connectivity index (χ1v) is 10.6. The lowest BCUT2D eigenvalue weighted by Gasteiger charge is -2.34. The number of nitrogens with zero attached hydrogens (tertiary/aromatic N) is 2. The van der Waals surface area contributed by atoms with Crippen LogP contribution in [0.5, 0.6) is 0 Å². The highest BCUT2D eigenvalue weighted by Gasteiger charge is 2.35. The molecule has 1 saturated heterocycles. The Labute approximate surface area is 167 Å². The summed E-state index contributed by atoms with van der Waals surface area (Å²) in [5.74, 6) is -1.27. The molecule has 152 valence electrons. The lowest BCUT2D eigenvalue weighted by Crippen LogP contribution is -2.50. The maximum atomic E-state index is 13.4. The molecule has 1 fully saturated rings. The minimum absolute atomic E-state index is 0.0133. The van der Waals surface area contributed by atoms with E-state index in [2.05, 4.69) is 0 Å². The van der Waals surface area contributed by atoms with Crippen LogP contribution >= 0.6 is 0 Å². The van der Waals surface area contributed by atoms with E-state index >= 15 is 0 Å². The number of carbonyl (C=O) groups is 2. The number of benzene rings is 2. The molecule has 2 aliphatic rings. The summed E-state index contributed by atoms with van der Waals surface area (Å²) in [6.07, 6.45) is -0.611. The fourth-order valence-electron chi connectivity index (χ4n) is 3.61. The van der Waals surface area contributed by atoms with Crippen LogP contribution in [0.15, 0.2) is 53.4 Å². The molecule has 0 aromatic heterocycles. The summed E-state index contributed by atoms with van der Waals surface area (Å²) >= 11 is 0. The topological polar surface area (TPSA) is 84.0 Å². The first-order valence-electron chi connectivity index (χ1n) is 9.19. The van der Waals surface area contributed by atoms with Crippen LogP contribution in [0.25, 0.3) is 0 Å². The van der Waals surface area contributed by atoms with Crippen molar-refractivity contribution in [3.05, 3.63) is 65.5 Å². The van der Waals surface area contributed by atoms with E-state index < -0.39 is 27.9 Å². The predicted molar refractivity (Wildman–Crippen MR) is 101 cm³/mol. The van der Waals surface area contributed by atoms with Crippen molar-refractivity contribution in [1.82, 2.24) is 9.21 Å². The smallest absolute Gasteiger partial charge is 0.339 e. The molecule has 2 aliphatic heterocycles. The molecule has 29 heavy (non-hydrogen) atoms. The average Bonchev–Trinajstić information content (AvgIpc) is 3.04. The first-order chi connectivity index (χ1) is 13.9. The highest BCUT2D eigenvalue weighted by molar-refractivity contribution is 7.89. The molecule has 1 amide bonds. The van der Waals surface area contributed by atoms with Crippen LogP contribution in [0.2, 0.25) is 0 Å². The molecule has 0 unspecified atom stereocenters. The van der Waals surface area contributed by atoms with Crippen molar-refractivity contribution in [2.24, 2.45) is 0 Å². The number of halogens is 1. The summed E-state index contributed by atoms with van der Waals surface area (Å²) in [5.41, 5.74) is 1.16. The third-order valence-electron chi connectivity index (χ3n) is 5.16. The van der Waals surface area contributed by atoms with Gasteiger partial charge in [0, 0.05) is 31.7 Å². The van der Waals surface area contributed by atoms with E-state index in [4.69, 9.17) is 4.74 Å². The van der Waals surface area contributed by atoms with Crippen molar-refractivity contribution in [3.8, 4) is 0 Å². The second kappa shape index (κ2) is 7.57. The molecule has 2 aromatic rings. The predicted octanol–water partition coefficient (Wildman–Crippen LogP) is 1.96. The fourth-order valence-corrected chi connectivity index (χ4v) is 5.07. The Hall–Kier alpha value is -2.78. The summed E-state index contributed by atoms with van der Waals surface area (Å²) in [6.45, 7) is 0.669. The molecule has 1 atom stereocenters. The molecule has 0 saturated carbocycles. The molecule has 0 radical (unpaired) electrons. The van der Waals surface area contributed by atoms with Crippen LogP contribution in [0, 0.1) is 5.82 Å². The Morgan fingerprint density at radius 2 is 1.79 bits per heavy atom. The lowest BCUT2D eigenvalue weighted by molar-refractivity contribution is -0.134. The van der Waals surface area contributed by atoms with Gasteiger partial charge in [0.2, 0.25) is 15.9 Å². The Morgan fingerprint density at radius 1 is 1.07 bits per heavy atom. The molecule has 2 heterocycles. The highest BCUT2D eigenvalue weighted by Crippen LogP contribution is 2.33. The van der Waals surface area contributed by atoms with Crippen LogP contribution in [0.3, 0.4) is 0 Å². The summed E-state index contributed by atoms with van der Waals surface area (Å²) in [6, 6.07) is 11.8. The summed E-state index contributed by atoms with van der Waals surface area (Å²) < 4.78 is 45.3. The van der Waals surface area contributed by atoms with Crippen molar-refractivity contribution >= 4 is 21.9 Å². The van der Waals surface area contributed by atoms with Gasteiger partial charge < -0.3 is 9.64 Å². The number of rotatable bonds is 4. The lowest BCUT2D eigenvalue weighted by atomic mass is 10.0. The van der Waals surface area contributed by atoms with Gasteiger partial charge in [-0.1, -0.05) is 24.3 Å². The first kappa shape index (κ1) is 19.5. The standard InChI is InChI=1S/C20H19FN2O5S/c21-14-4-3-5-15(12-14)29(26,27)23-10-8-22(9-11-23)19(24)13-18-16-6-1-2-7-17(16)20(25)28-18/h1-7,12,18H,8-11,13H2/t18-/m0/s1. The third-order valence-corrected chi connectivity index (χ3v) is 7.06. The number of amides is 1. The van der Waals surface area contributed by atoms with Gasteiger partial charge in [-0.15, -0.1) is 0 Å². The van der Waals surface area contributed by atoms with Crippen LogP contribution in [0.4, 0.5) is 4.39 Å². The second-order valence-corrected chi connectivity index (χ2v) is 8.87. The van der Waals surface area contributed by atoms with E-state index in [0.717, 1.165) is 6.07 Å². The Morgan fingerprint density at radius 3 is 2.52 bits per heavy atom. The van der Waals surface area contributed by atoms with Gasteiger partial charge in [-0.05, 0) is 24.3 Å². The molecule has 7 nitrogen and oxygen atoms in total. The number of hydrogen-bond donors (Lipinski definition) is 0. The van der Waals surface area contributed by atoms with Gasteiger partial charge in [0.15, 0.2) is 0 Å². The number of piperazine rings is 1. The van der Waals surface area contributed by atoms with E-state index in [0.29, 0.717) is 11.1 Å². The van der Waals surface area contributed by atoms with Gasteiger partial charge in [0.1, 0.15) is 11.9 Å². The van der Waals surface area contributed by atoms with Crippen molar-refractivity contribution in [2.75, 3.05) is 26.2 Å². The molecule has 0 bridgehead atoms. The zero-order valence-electron chi connectivity index (χ0n) is 15.5. The van der Waals surface area contributed by atoms with E-state index in [1.165, 1.54) is 22.5 Å². The number of hydrogen-bond acceptors (Lipinski definition) is 5. The van der Waals surface area contributed by atoms with Crippen molar-refractivity contribution in [2.45, 2.75) is 17.4 Å². The fraction of sp³-hybridized carbons (Fsp3) is 0.300. The molecule has 0 aliphatic carbocycles. The maximum absolute atomic E-state index is 13.4. The Kier molecular flexibility index (Phi) is 5.10. The molecule has 0 N–H and O–H groups in total. The minimum atomic E-state index is -3.82. The quantitative estimate of drug-likeness (QED) is 0.709. The van der Waals surface area contributed by atoms with Crippen LogP contribution in [0.1, 0.15) is 28.4 Å². The SMILES string of the molecule is O=C1O[C@@H](CC(=O)N2CCN(S(=O)(=O)c3cccc(F)c3)CC2)c2ccccc21. The van der Waals surface area contributed by atoms with Gasteiger partial charge in [0.25, 0.3) is 0 Å². The molecule has 4 rings (SSSR count). The number of ether oxygens (including phenoxy) is 1. The zero-order valence-corrected chi connectivity index (χ0v) is 16.3. The van der Waals surface area contributed by atoms with E-state index in [9.17, 15) is 22.4 Å². The minimum Gasteiger partial charge on any atom is -0.453 e. The van der Waals surface area contributed by atoms with E-state index in [1.54, 1.807) is 29.2 Å². The largest absolute Gasteiger partial charge is 0.453 e. The monoisotopic (exact) mass is 418 g/mol. The molecule has 2 aromatic carbocycles. The van der Waals surface area contributed by atoms with Gasteiger partial charge in [-0.2, -0.15) is 4.31 Å². The maximum Gasteiger partial charge on any atom is 0.339 e. The molecule has 9 heteroatoms. The van der Waals surface area contributed by atoms with Gasteiger partial charge in [-0.3, -0.25) is 4.79 Å². The van der Waals surface area contributed by atoms with E-state index in [1.807, 2.05) is 0 Å². The third kappa shape index (κ3) is 3.75. The Balaban J connectivity index is 1.39. The molecular weight excluding hydrogens is 399 g/mol. The normalized spacial score (nSPS) is 19.7. The van der Waals surface area contributed by atoms with Crippen LogP contribution in [-0.4, -0.2) is 55.7 Å². The average molecular weight is 418 g/mol. The summed E-state index contributed by atoms with van der Waals surface area (Å²) in [4.78, 5) is 26.0. The van der Waals surface area contributed by atoms with Crippen molar-refractivity contribution in [3.63, 3.8) is 0 Å². The molecule has 0 spiro atoms.